The van der Waals surface area contributed by atoms with Crippen molar-refractivity contribution in [1.29, 1.82) is 0 Å². The second kappa shape index (κ2) is 9.80. The van der Waals surface area contributed by atoms with Gasteiger partial charge in [-0.3, -0.25) is 20.4 Å². The number of para-hydroxylation sites is 1. The number of carbonyl (C=O) groups excluding carboxylic acids is 2. The van der Waals surface area contributed by atoms with Gasteiger partial charge in [-0.15, -0.1) is 0 Å². The molecule has 0 radical (unpaired) electrons. The van der Waals surface area contributed by atoms with Crippen LogP contribution < -0.4 is 20.3 Å². The normalized spacial score (nSPS) is 12.6. The first-order chi connectivity index (χ1) is 15.2. The van der Waals surface area contributed by atoms with Crippen LogP contribution in [0.25, 0.3) is 11.1 Å². The van der Waals surface area contributed by atoms with Gasteiger partial charge in [0.2, 0.25) is 0 Å². The molecule has 6 nitrogen and oxygen atoms in total. The Kier molecular flexibility index (Phi) is 6.47. The fourth-order valence-corrected chi connectivity index (χ4v) is 3.03. The van der Waals surface area contributed by atoms with E-state index in [1.807, 2.05) is 48.5 Å². The summed E-state index contributed by atoms with van der Waals surface area (Å²) < 4.78 is 11.3. The summed E-state index contributed by atoms with van der Waals surface area (Å²) in [5, 5.41) is 0. The lowest BCUT2D eigenvalue weighted by molar-refractivity contribution is -0.123. The molecule has 2 amide bonds. The minimum absolute atomic E-state index is 0.224. The van der Waals surface area contributed by atoms with Gasteiger partial charge in [-0.2, -0.15) is 0 Å². The molecule has 0 aliphatic heterocycles. The predicted molar refractivity (Wildman–Crippen MR) is 118 cm³/mol. The molecule has 3 aromatic carbocycles. The SMILES string of the molecule is O=C(COc1ccccc1-c1ccccc1)NNC(=O)c1ccc(OCC2CC2)cc1. The Morgan fingerprint density at radius 1 is 0.806 bits per heavy atom. The highest BCUT2D eigenvalue weighted by molar-refractivity contribution is 5.95. The van der Waals surface area contributed by atoms with Gasteiger partial charge in [0.25, 0.3) is 11.8 Å². The zero-order valence-corrected chi connectivity index (χ0v) is 17.0. The first-order valence-electron chi connectivity index (χ1n) is 10.3. The molecule has 4 rings (SSSR count). The maximum atomic E-state index is 12.2. The van der Waals surface area contributed by atoms with Crippen molar-refractivity contribution < 1.29 is 19.1 Å². The topological polar surface area (TPSA) is 76.7 Å². The smallest absolute Gasteiger partial charge is 0.276 e. The molecule has 3 aromatic rings. The Hall–Kier alpha value is -3.80. The molecule has 1 aliphatic rings. The molecule has 6 heteroatoms. The summed E-state index contributed by atoms with van der Waals surface area (Å²) in [6.45, 7) is 0.493. The molecule has 31 heavy (non-hydrogen) atoms. The fourth-order valence-electron chi connectivity index (χ4n) is 3.03. The molecule has 0 heterocycles. The number of ether oxygens (including phenoxy) is 2. The van der Waals surface area contributed by atoms with E-state index in [1.165, 1.54) is 12.8 Å². The average molecular weight is 416 g/mol. The zero-order valence-electron chi connectivity index (χ0n) is 17.0. The molecule has 0 unspecified atom stereocenters. The minimum atomic E-state index is -0.458. The zero-order chi connectivity index (χ0) is 21.5. The van der Waals surface area contributed by atoms with E-state index in [0.717, 1.165) is 23.5 Å². The predicted octanol–water partition coefficient (Wildman–Crippen LogP) is 3.98. The van der Waals surface area contributed by atoms with Crippen molar-refractivity contribution >= 4 is 11.8 Å². The van der Waals surface area contributed by atoms with Crippen LogP contribution in [0.1, 0.15) is 23.2 Å². The average Bonchev–Trinajstić information content (AvgIpc) is 3.65. The summed E-state index contributed by atoms with van der Waals surface area (Å²) in [6.07, 6.45) is 2.45. The van der Waals surface area contributed by atoms with Crippen LogP contribution in [0.5, 0.6) is 11.5 Å². The number of hydrazine groups is 1. The van der Waals surface area contributed by atoms with Gasteiger partial charge in [0.05, 0.1) is 6.61 Å². The summed E-state index contributed by atoms with van der Waals surface area (Å²) in [5.41, 5.74) is 7.09. The standard InChI is InChI=1S/C25H24N2O4/c28-24(17-31-23-9-5-4-8-22(23)19-6-2-1-3-7-19)26-27-25(29)20-12-14-21(15-13-20)30-16-18-10-11-18/h1-9,12-15,18H,10-11,16-17H2,(H,26,28)(H,27,29). The van der Waals surface area contributed by atoms with Crippen molar-refractivity contribution in [2.75, 3.05) is 13.2 Å². The van der Waals surface area contributed by atoms with Crippen LogP contribution in [0.15, 0.2) is 78.9 Å². The highest BCUT2D eigenvalue weighted by Crippen LogP contribution is 2.30. The van der Waals surface area contributed by atoms with Crippen molar-refractivity contribution in [3.63, 3.8) is 0 Å². The Bertz CT molecular complexity index is 1030. The van der Waals surface area contributed by atoms with E-state index < -0.39 is 11.8 Å². The molecule has 2 N–H and O–H groups in total. The minimum Gasteiger partial charge on any atom is -0.493 e. The van der Waals surface area contributed by atoms with Crippen LogP contribution in [0.4, 0.5) is 0 Å². The molecule has 0 bridgehead atoms. The van der Waals surface area contributed by atoms with E-state index in [0.29, 0.717) is 17.2 Å². The lowest BCUT2D eigenvalue weighted by Crippen LogP contribution is -2.43. The summed E-state index contributed by atoms with van der Waals surface area (Å²) in [6, 6.07) is 24.1. The van der Waals surface area contributed by atoms with E-state index >= 15 is 0 Å². The van der Waals surface area contributed by atoms with Gasteiger partial charge in [0.1, 0.15) is 11.5 Å². The number of amides is 2. The van der Waals surface area contributed by atoms with Gasteiger partial charge in [0.15, 0.2) is 6.61 Å². The van der Waals surface area contributed by atoms with Crippen LogP contribution in [0.3, 0.4) is 0 Å². The Morgan fingerprint density at radius 2 is 1.52 bits per heavy atom. The second-order valence-electron chi connectivity index (χ2n) is 7.43. The van der Waals surface area contributed by atoms with Crippen molar-refractivity contribution in [2.24, 2.45) is 5.92 Å². The maximum absolute atomic E-state index is 12.2. The van der Waals surface area contributed by atoms with E-state index in [1.54, 1.807) is 30.3 Å². The van der Waals surface area contributed by atoms with Gasteiger partial charge in [-0.25, -0.2) is 0 Å². The van der Waals surface area contributed by atoms with Gasteiger partial charge >= 0.3 is 0 Å². The molecule has 0 aromatic heterocycles. The lowest BCUT2D eigenvalue weighted by Gasteiger charge is -2.12. The molecule has 0 spiro atoms. The van der Waals surface area contributed by atoms with E-state index in [2.05, 4.69) is 10.9 Å². The van der Waals surface area contributed by atoms with Crippen molar-refractivity contribution in [1.82, 2.24) is 10.9 Å². The molecule has 0 saturated heterocycles. The third kappa shape index (κ3) is 5.85. The Morgan fingerprint density at radius 3 is 2.26 bits per heavy atom. The van der Waals surface area contributed by atoms with E-state index in [4.69, 9.17) is 9.47 Å². The van der Waals surface area contributed by atoms with Crippen LogP contribution >= 0.6 is 0 Å². The Balaban J connectivity index is 1.25. The summed E-state index contributed by atoms with van der Waals surface area (Å²) in [7, 11) is 0. The summed E-state index contributed by atoms with van der Waals surface area (Å²) in [4.78, 5) is 24.4. The number of carbonyl (C=O) groups is 2. The highest BCUT2D eigenvalue weighted by Gasteiger charge is 2.21. The third-order valence-electron chi connectivity index (χ3n) is 4.95. The third-order valence-corrected chi connectivity index (χ3v) is 4.95. The first kappa shape index (κ1) is 20.5. The van der Waals surface area contributed by atoms with Gasteiger partial charge in [-0.05, 0) is 54.7 Å². The molecule has 0 atom stereocenters. The quantitative estimate of drug-likeness (QED) is 0.545. The molecule has 158 valence electrons. The first-order valence-corrected chi connectivity index (χ1v) is 10.3. The van der Waals surface area contributed by atoms with Crippen molar-refractivity contribution in [3.8, 4) is 22.6 Å². The lowest BCUT2D eigenvalue weighted by atomic mass is 10.1. The number of hydrogen-bond acceptors (Lipinski definition) is 4. The van der Waals surface area contributed by atoms with Gasteiger partial charge < -0.3 is 9.47 Å². The van der Waals surface area contributed by atoms with Crippen LogP contribution in [0, 0.1) is 5.92 Å². The largest absolute Gasteiger partial charge is 0.493 e. The van der Waals surface area contributed by atoms with Crippen molar-refractivity contribution in [2.45, 2.75) is 12.8 Å². The number of benzene rings is 3. The molecular weight excluding hydrogens is 392 g/mol. The monoisotopic (exact) mass is 416 g/mol. The van der Waals surface area contributed by atoms with E-state index in [-0.39, 0.29) is 6.61 Å². The number of rotatable bonds is 8. The fraction of sp³-hybridized carbons (Fsp3) is 0.200. The Labute approximate surface area is 181 Å². The number of hydrogen-bond donors (Lipinski definition) is 2. The summed E-state index contributed by atoms with van der Waals surface area (Å²) in [5.74, 6) is 1.13. The van der Waals surface area contributed by atoms with Crippen LogP contribution in [-0.4, -0.2) is 25.0 Å². The van der Waals surface area contributed by atoms with Gasteiger partial charge in [-0.1, -0.05) is 48.5 Å². The van der Waals surface area contributed by atoms with Gasteiger partial charge in [0, 0.05) is 11.1 Å². The van der Waals surface area contributed by atoms with E-state index in [9.17, 15) is 9.59 Å². The molecule has 1 fully saturated rings. The van der Waals surface area contributed by atoms with Crippen LogP contribution in [0.2, 0.25) is 0 Å². The molecular formula is C25H24N2O4. The van der Waals surface area contributed by atoms with Crippen LogP contribution in [-0.2, 0) is 4.79 Å². The second-order valence-corrected chi connectivity index (χ2v) is 7.43. The number of nitrogens with one attached hydrogen (secondary N) is 2. The highest BCUT2D eigenvalue weighted by atomic mass is 16.5. The van der Waals surface area contributed by atoms with Crippen molar-refractivity contribution in [3.05, 3.63) is 84.4 Å². The molecule has 1 aliphatic carbocycles. The molecule has 1 saturated carbocycles. The maximum Gasteiger partial charge on any atom is 0.276 e. The summed E-state index contributed by atoms with van der Waals surface area (Å²) >= 11 is 0.